The molecular weight excluding hydrogens is 334 g/mol. The molecular formula is C19H16N3O4+. The predicted octanol–water partition coefficient (Wildman–Crippen LogP) is -0.125. The lowest BCUT2D eigenvalue weighted by Crippen LogP contribution is -3.12. The summed E-state index contributed by atoms with van der Waals surface area (Å²) in [6.45, 7) is 0.420. The summed E-state index contributed by atoms with van der Waals surface area (Å²) in [6.07, 6.45) is 0. The second-order valence-electron chi connectivity index (χ2n) is 6.43. The van der Waals surface area contributed by atoms with Gasteiger partial charge in [-0.15, -0.1) is 0 Å². The number of ketones is 2. The highest BCUT2D eigenvalue weighted by Gasteiger charge is 2.40. The molecule has 2 heterocycles. The van der Waals surface area contributed by atoms with Crippen molar-refractivity contribution in [2.45, 2.75) is 0 Å². The number of quaternary nitrogens is 1. The molecule has 4 rings (SSSR count). The Labute approximate surface area is 149 Å². The van der Waals surface area contributed by atoms with Gasteiger partial charge in [-0.1, -0.05) is 24.3 Å². The normalized spacial score (nSPS) is 15.9. The number of benzene rings is 2. The largest absolute Gasteiger partial charge is 0.303 e. The van der Waals surface area contributed by atoms with Crippen molar-refractivity contribution in [3.05, 3.63) is 59.7 Å². The van der Waals surface area contributed by atoms with E-state index in [1.165, 1.54) is 9.80 Å². The van der Waals surface area contributed by atoms with E-state index in [1.807, 2.05) is 0 Å². The maximum Gasteiger partial charge on any atom is 0.303 e. The molecule has 0 radical (unpaired) electrons. The van der Waals surface area contributed by atoms with Gasteiger partial charge in [0.15, 0.2) is 13.3 Å². The van der Waals surface area contributed by atoms with Gasteiger partial charge in [0.05, 0.1) is 29.5 Å². The molecule has 0 bridgehead atoms. The molecule has 0 fully saturated rings. The third-order valence-electron chi connectivity index (χ3n) is 4.61. The first-order valence-electron chi connectivity index (χ1n) is 8.21. The van der Waals surface area contributed by atoms with E-state index < -0.39 is 23.4 Å². The highest BCUT2D eigenvalue weighted by molar-refractivity contribution is 6.52. The number of para-hydroxylation sites is 2. The topological polar surface area (TPSA) is 79.2 Å². The first-order valence-corrected chi connectivity index (χ1v) is 8.21. The molecule has 0 aliphatic carbocycles. The second-order valence-corrected chi connectivity index (χ2v) is 6.43. The molecule has 2 aliphatic heterocycles. The average molecular weight is 350 g/mol. The monoisotopic (exact) mass is 350 g/mol. The van der Waals surface area contributed by atoms with Crippen LogP contribution in [0.15, 0.2) is 48.5 Å². The van der Waals surface area contributed by atoms with Gasteiger partial charge in [0.1, 0.15) is 0 Å². The quantitative estimate of drug-likeness (QED) is 0.780. The van der Waals surface area contributed by atoms with Gasteiger partial charge in [-0.2, -0.15) is 0 Å². The number of hydrogen-bond donors (Lipinski definition) is 1. The van der Waals surface area contributed by atoms with Crippen molar-refractivity contribution in [2.24, 2.45) is 0 Å². The smallest absolute Gasteiger partial charge is 0.302 e. The summed E-state index contributed by atoms with van der Waals surface area (Å²) in [5.74, 6) is -2.19. The molecule has 2 aliphatic rings. The van der Waals surface area contributed by atoms with Crippen LogP contribution >= 0.6 is 0 Å². The number of Topliss-reactive ketones (excluding diaryl/α,β-unsaturated/α-hetero) is 2. The molecule has 26 heavy (non-hydrogen) atoms. The summed E-state index contributed by atoms with van der Waals surface area (Å²) >= 11 is 0. The standard InChI is InChI=1S/C19H15N3O4/c1-20(10-21-14-8-4-2-6-12(14)16(23)18(21)25)11-22-15-9-5-3-7-13(15)17(24)19(22)26/h2-9H,10-11H2,1H3/p+1. The van der Waals surface area contributed by atoms with Gasteiger partial charge in [-0.25, -0.2) is 0 Å². The molecule has 0 spiro atoms. The van der Waals surface area contributed by atoms with Crippen LogP contribution in [0.5, 0.6) is 0 Å². The van der Waals surface area contributed by atoms with E-state index in [0.29, 0.717) is 22.5 Å². The van der Waals surface area contributed by atoms with Crippen LogP contribution in [0.1, 0.15) is 20.7 Å². The van der Waals surface area contributed by atoms with Crippen LogP contribution in [0.3, 0.4) is 0 Å². The van der Waals surface area contributed by atoms with Crippen LogP contribution in [0, 0.1) is 0 Å². The number of carbonyl (C=O) groups is 4. The Kier molecular flexibility index (Phi) is 3.66. The number of carbonyl (C=O) groups excluding carboxylic acids is 4. The van der Waals surface area contributed by atoms with Crippen molar-refractivity contribution in [1.29, 1.82) is 0 Å². The SMILES string of the molecule is C[NH+](CN1C(=O)C(=O)c2ccccc21)CN1C(=O)C(=O)c2ccccc21. The third kappa shape index (κ3) is 2.33. The molecule has 2 aromatic rings. The molecule has 0 saturated carbocycles. The van der Waals surface area contributed by atoms with Crippen molar-refractivity contribution in [1.82, 2.24) is 0 Å². The fourth-order valence-electron chi connectivity index (χ4n) is 3.40. The fourth-order valence-corrected chi connectivity index (χ4v) is 3.40. The number of amides is 2. The van der Waals surface area contributed by atoms with Crippen molar-refractivity contribution >= 4 is 34.8 Å². The lowest BCUT2D eigenvalue weighted by molar-refractivity contribution is -0.876. The van der Waals surface area contributed by atoms with Gasteiger partial charge < -0.3 is 4.90 Å². The molecule has 2 aromatic carbocycles. The van der Waals surface area contributed by atoms with Gasteiger partial charge >= 0.3 is 11.8 Å². The number of fused-ring (bicyclic) bond motifs is 2. The number of nitrogens with one attached hydrogen (secondary N) is 1. The van der Waals surface area contributed by atoms with Gasteiger partial charge in [0, 0.05) is 0 Å². The molecule has 2 amide bonds. The third-order valence-corrected chi connectivity index (χ3v) is 4.61. The number of rotatable bonds is 4. The lowest BCUT2D eigenvalue weighted by Gasteiger charge is -2.25. The Bertz CT molecular complexity index is 891. The van der Waals surface area contributed by atoms with E-state index in [-0.39, 0.29) is 13.3 Å². The van der Waals surface area contributed by atoms with Crippen LogP contribution in [0.4, 0.5) is 11.4 Å². The number of anilines is 2. The average Bonchev–Trinajstić information content (AvgIpc) is 3.03. The first kappa shape index (κ1) is 16.2. The van der Waals surface area contributed by atoms with Crippen LogP contribution in [0.2, 0.25) is 0 Å². The van der Waals surface area contributed by atoms with E-state index >= 15 is 0 Å². The van der Waals surface area contributed by atoms with Gasteiger partial charge in [0.2, 0.25) is 0 Å². The Balaban J connectivity index is 1.55. The Morgan fingerprint density at radius 1 is 0.692 bits per heavy atom. The van der Waals surface area contributed by atoms with Crippen molar-refractivity contribution < 1.29 is 24.1 Å². The van der Waals surface area contributed by atoms with E-state index in [1.54, 1.807) is 55.6 Å². The highest BCUT2D eigenvalue weighted by Crippen LogP contribution is 2.28. The summed E-state index contributed by atoms with van der Waals surface area (Å²) in [6, 6.07) is 13.7. The van der Waals surface area contributed by atoms with Gasteiger partial charge in [-0.05, 0) is 24.3 Å². The van der Waals surface area contributed by atoms with Crippen molar-refractivity contribution in [3.63, 3.8) is 0 Å². The molecule has 130 valence electrons. The molecule has 1 N–H and O–H groups in total. The summed E-state index contributed by atoms with van der Waals surface area (Å²) in [5.41, 5.74) is 1.93. The van der Waals surface area contributed by atoms with Crippen molar-refractivity contribution in [3.8, 4) is 0 Å². The summed E-state index contributed by atoms with van der Waals surface area (Å²) in [5, 5.41) is 0. The second kappa shape index (κ2) is 5.89. The molecule has 7 heteroatoms. The Morgan fingerprint density at radius 3 is 1.50 bits per heavy atom. The summed E-state index contributed by atoms with van der Waals surface area (Å²) in [7, 11) is 1.80. The zero-order valence-electron chi connectivity index (χ0n) is 14.1. The number of hydrogen-bond acceptors (Lipinski definition) is 4. The molecule has 0 unspecified atom stereocenters. The highest BCUT2D eigenvalue weighted by atomic mass is 16.2. The van der Waals surface area contributed by atoms with E-state index in [0.717, 1.165) is 4.90 Å². The zero-order valence-corrected chi connectivity index (χ0v) is 14.1. The van der Waals surface area contributed by atoms with Crippen molar-refractivity contribution in [2.75, 3.05) is 30.2 Å². The molecule has 7 nitrogen and oxygen atoms in total. The summed E-state index contributed by atoms with van der Waals surface area (Å²) < 4.78 is 0. The fraction of sp³-hybridized carbons (Fsp3) is 0.158. The predicted molar refractivity (Wildman–Crippen MR) is 93.1 cm³/mol. The molecule has 0 atom stereocenters. The minimum atomic E-state index is -0.574. The van der Waals surface area contributed by atoms with Crippen LogP contribution in [0.25, 0.3) is 0 Å². The minimum Gasteiger partial charge on any atom is -0.302 e. The minimum absolute atomic E-state index is 0.210. The van der Waals surface area contributed by atoms with Crippen LogP contribution in [-0.4, -0.2) is 43.8 Å². The molecule has 0 aromatic heterocycles. The van der Waals surface area contributed by atoms with Crippen LogP contribution < -0.4 is 14.7 Å². The number of nitrogens with zero attached hydrogens (tertiary/aromatic N) is 2. The van der Waals surface area contributed by atoms with Gasteiger partial charge in [-0.3, -0.25) is 29.0 Å². The summed E-state index contributed by atoms with van der Waals surface area (Å²) in [4.78, 5) is 52.3. The maximum absolute atomic E-state index is 12.3. The lowest BCUT2D eigenvalue weighted by atomic mass is 10.1. The van der Waals surface area contributed by atoms with E-state index in [9.17, 15) is 19.2 Å². The Hall–Kier alpha value is -3.32. The zero-order chi connectivity index (χ0) is 18.4. The first-order chi connectivity index (χ1) is 12.5. The van der Waals surface area contributed by atoms with E-state index in [4.69, 9.17) is 0 Å². The maximum atomic E-state index is 12.3. The Morgan fingerprint density at radius 2 is 1.08 bits per heavy atom. The van der Waals surface area contributed by atoms with E-state index in [2.05, 4.69) is 0 Å². The van der Waals surface area contributed by atoms with Crippen LogP contribution in [-0.2, 0) is 9.59 Å². The van der Waals surface area contributed by atoms with Gasteiger partial charge in [0.25, 0.3) is 11.6 Å². The molecule has 0 saturated heterocycles.